The molecule has 3 aromatic carbocycles. The van der Waals surface area contributed by atoms with E-state index in [1.165, 1.54) is 17.0 Å². The van der Waals surface area contributed by atoms with Crippen molar-refractivity contribution in [1.82, 2.24) is 9.96 Å². The van der Waals surface area contributed by atoms with Crippen molar-refractivity contribution in [3.05, 3.63) is 95.1 Å². The van der Waals surface area contributed by atoms with Crippen molar-refractivity contribution in [2.45, 2.75) is 24.8 Å². The maximum atomic E-state index is 13.0. The van der Waals surface area contributed by atoms with Crippen LogP contribution < -0.4 is 0 Å². The van der Waals surface area contributed by atoms with Crippen LogP contribution in [-0.4, -0.2) is 53.0 Å². The molecule has 1 fully saturated rings. The Balaban J connectivity index is 1.14. The van der Waals surface area contributed by atoms with Crippen LogP contribution in [0.1, 0.15) is 50.6 Å². The average molecular weight is 482 g/mol. The number of carbonyl (C=O) groups excluding carboxylic acids is 4. The average Bonchev–Trinajstić information content (AvgIpc) is 3.59. The molecule has 0 radical (unpaired) electrons. The van der Waals surface area contributed by atoms with Crippen molar-refractivity contribution in [2.24, 2.45) is 0 Å². The smallest absolute Gasteiger partial charge is 0.410 e. The van der Waals surface area contributed by atoms with Crippen molar-refractivity contribution >= 4 is 23.9 Å². The second-order valence-electron chi connectivity index (χ2n) is 9.02. The van der Waals surface area contributed by atoms with Crippen molar-refractivity contribution in [2.75, 3.05) is 13.2 Å². The number of hydrogen-bond donors (Lipinski definition) is 0. The van der Waals surface area contributed by atoms with E-state index in [-0.39, 0.29) is 23.7 Å². The maximum absolute atomic E-state index is 13.0. The molecule has 2 aliphatic heterocycles. The third-order valence-corrected chi connectivity index (χ3v) is 7.03. The molecule has 180 valence electrons. The number of hydroxylamine groups is 2. The lowest BCUT2D eigenvalue weighted by atomic mass is 9.98. The van der Waals surface area contributed by atoms with Gasteiger partial charge in [-0.25, -0.2) is 9.59 Å². The molecule has 1 aliphatic carbocycles. The molecule has 0 bridgehead atoms. The van der Waals surface area contributed by atoms with Gasteiger partial charge in [0.05, 0.1) is 11.1 Å². The summed E-state index contributed by atoms with van der Waals surface area (Å²) in [6.45, 7) is 0.447. The largest absolute Gasteiger partial charge is 0.448 e. The van der Waals surface area contributed by atoms with Gasteiger partial charge in [0.1, 0.15) is 12.6 Å². The Kier molecular flexibility index (Phi) is 5.29. The number of ether oxygens (including phenoxy) is 1. The highest BCUT2D eigenvalue weighted by Gasteiger charge is 2.43. The molecule has 8 nitrogen and oxygen atoms in total. The summed E-state index contributed by atoms with van der Waals surface area (Å²) in [5, 5.41) is 0.473. The number of amides is 3. The Morgan fingerprint density at radius 2 is 1.31 bits per heavy atom. The molecule has 0 spiro atoms. The van der Waals surface area contributed by atoms with Gasteiger partial charge in [-0.1, -0.05) is 65.7 Å². The van der Waals surface area contributed by atoms with E-state index >= 15 is 0 Å². The molecule has 8 heteroatoms. The summed E-state index contributed by atoms with van der Waals surface area (Å²) in [4.78, 5) is 57.6. The Morgan fingerprint density at radius 1 is 0.778 bits per heavy atom. The quantitative estimate of drug-likeness (QED) is 0.519. The number of nitrogens with zero attached hydrogens (tertiary/aromatic N) is 2. The summed E-state index contributed by atoms with van der Waals surface area (Å²) in [7, 11) is 0. The lowest BCUT2D eigenvalue weighted by molar-refractivity contribution is -0.173. The van der Waals surface area contributed by atoms with Crippen molar-refractivity contribution in [3.8, 4) is 11.1 Å². The van der Waals surface area contributed by atoms with Crippen molar-refractivity contribution in [1.29, 1.82) is 0 Å². The molecule has 0 aromatic heterocycles. The molecule has 2 heterocycles. The minimum atomic E-state index is -0.940. The molecule has 36 heavy (non-hydrogen) atoms. The van der Waals surface area contributed by atoms with Crippen LogP contribution in [0.2, 0.25) is 0 Å². The highest BCUT2D eigenvalue weighted by Crippen LogP contribution is 2.44. The SMILES string of the molecule is O=C(ON1C(=O)c2ccccc2C1=O)C1CCCN1C(=O)OCC1c2ccccc2-c2ccccc21. The number of fused-ring (bicyclic) bond motifs is 4. The first-order valence-corrected chi connectivity index (χ1v) is 11.9. The van der Waals surface area contributed by atoms with Crippen LogP contribution >= 0.6 is 0 Å². The molecule has 0 N–H and O–H groups in total. The van der Waals surface area contributed by atoms with E-state index in [9.17, 15) is 19.2 Å². The number of hydrogen-bond acceptors (Lipinski definition) is 6. The van der Waals surface area contributed by atoms with Gasteiger partial charge in [-0.2, -0.15) is 0 Å². The van der Waals surface area contributed by atoms with Crippen LogP contribution in [0.25, 0.3) is 11.1 Å². The van der Waals surface area contributed by atoms with Gasteiger partial charge in [0.2, 0.25) is 0 Å². The zero-order valence-electron chi connectivity index (χ0n) is 19.3. The number of benzene rings is 3. The second-order valence-corrected chi connectivity index (χ2v) is 9.02. The maximum Gasteiger partial charge on any atom is 0.410 e. The molecule has 0 saturated carbocycles. The molecule has 1 saturated heterocycles. The van der Waals surface area contributed by atoms with Gasteiger partial charge in [-0.15, -0.1) is 0 Å². The topological polar surface area (TPSA) is 93.2 Å². The number of carbonyl (C=O) groups is 4. The molecule has 3 aromatic rings. The van der Waals surface area contributed by atoms with Crippen LogP contribution in [0, 0.1) is 0 Å². The van der Waals surface area contributed by atoms with Crippen LogP contribution in [0.5, 0.6) is 0 Å². The van der Waals surface area contributed by atoms with Gasteiger partial charge in [0.25, 0.3) is 11.8 Å². The minimum Gasteiger partial charge on any atom is -0.448 e. The monoisotopic (exact) mass is 482 g/mol. The van der Waals surface area contributed by atoms with Crippen LogP contribution in [0.4, 0.5) is 4.79 Å². The molecular formula is C28H22N2O6. The lowest BCUT2D eigenvalue weighted by Gasteiger charge is -2.24. The molecule has 6 rings (SSSR count). The minimum absolute atomic E-state index is 0.104. The van der Waals surface area contributed by atoms with Crippen molar-refractivity contribution < 1.29 is 28.8 Å². The van der Waals surface area contributed by atoms with Gasteiger partial charge < -0.3 is 9.57 Å². The third-order valence-electron chi connectivity index (χ3n) is 7.03. The Bertz CT molecular complexity index is 1340. The summed E-state index contributed by atoms with van der Waals surface area (Å²) in [5.74, 6) is -2.34. The zero-order valence-corrected chi connectivity index (χ0v) is 19.3. The Labute approximate surface area is 207 Å². The molecule has 3 amide bonds. The highest BCUT2D eigenvalue weighted by atomic mass is 16.7. The van der Waals surface area contributed by atoms with Gasteiger partial charge in [-0.05, 0) is 47.2 Å². The molecule has 3 aliphatic rings. The first-order valence-electron chi connectivity index (χ1n) is 11.9. The Morgan fingerprint density at radius 3 is 1.89 bits per heavy atom. The summed E-state index contributed by atoms with van der Waals surface area (Å²) in [5.41, 5.74) is 4.78. The first kappa shape index (κ1) is 22.0. The predicted molar refractivity (Wildman–Crippen MR) is 128 cm³/mol. The fraction of sp³-hybridized carbons (Fsp3) is 0.214. The zero-order chi connectivity index (χ0) is 24.8. The van der Waals surface area contributed by atoms with Gasteiger partial charge in [0, 0.05) is 12.5 Å². The second kappa shape index (κ2) is 8.64. The standard InChI is InChI=1S/C28H22N2O6/c31-25-21-12-5-6-13-22(21)26(32)30(25)36-27(33)24-14-7-15-29(24)28(34)35-16-23-19-10-3-1-8-17(19)18-9-2-4-11-20(18)23/h1-6,8-13,23-24H,7,14-16H2. The van der Waals surface area contributed by atoms with Crippen LogP contribution in [0.3, 0.4) is 0 Å². The van der Waals surface area contributed by atoms with Crippen molar-refractivity contribution in [3.63, 3.8) is 0 Å². The fourth-order valence-electron chi connectivity index (χ4n) is 5.31. The first-order chi connectivity index (χ1) is 17.5. The molecule has 1 unspecified atom stereocenters. The molecular weight excluding hydrogens is 460 g/mol. The van der Waals surface area contributed by atoms with E-state index in [0.717, 1.165) is 22.3 Å². The van der Waals surface area contributed by atoms with E-state index in [1.54, 1.807) is 12.1 Å². The van der Waals surface area contributed by atoms with Gasteiger partial charge >= 0.3 is 12.1 Å². The summed E-state index contributed by atoms with van der Waals surface area (Å²) in [6, 6.07) is 21.4. The number of rotatable bonds is 4. The van der Waals surface area contributed by atoms with E-state index in [2.05, 4.69) is 12.1 Å². The van der Waals surface area contributed by atoms with E-state index in [1.807, 2.05) is 36.4 Å². The van der Waals surface area contributed by atoms with E-state index < -0.39 is 29.9 Å². The van der Waals surface area contributed by atoms with Crippen LogP contribution in [-0.2, 0) is 14.4 Å². The van der Waals surface area contributed by atoms with Gasteiger partial charge in [-0.3, -0.25) is 14.5 Å². The third kappa shape index (κ3) is 3.45. The number of likely N-dealkylation sites (tertiary alicyclic amines) is 1. The van der Waals surface area contributed by atoms with E-state index in [0.29, 0.717) is 24.4 Å². The lowest BCUT2D eigenvalue weighted by Crippen LogP contribution is -2.45. The number of imide groups is 1. The summed E-state index contributed by atoms with van der Waals surface area (Å²) >= 11 is 0. The molecule has 1 atom stereocenters. The summed E-state index contributed by atoms with van der Waals surface area (Å²) in [6.07, 6.45) is 0.303. The van der Waals surface area contributed by atoms with Crippen LogP contribution in [0.15, 0.2) is 72.8 Å². The highest BCUT2D eigenvalue weighted by molar-refractivity contribution is 6.21. The predicted octanol–water partition coefficient (Wildman–Crippen LogP) is 4.15. The normalized spacial score (nSPS) is 18.2. The van der Waals surface area contributed by atoms with Gasteiger partial charge in [0.15, 0.2) is 0 Å². The Hall–Kier alpha value is -4.46. The summed E-state index contributed by atoms with van der Waals surface area (Å²) < 4.78 is 5.70. The fourth-order valence-corrected chi connectivity index (χ4v) is 5.31. The van der Waals surface area contributed by atoms with E-state index in [4.69, 9.17) is 9.57 Å².